The highest BCUT2D eigenvalue weighted by Gasteiger charge is 2.37. The van der Waals surface area contributed by atoms with Crippen LogP contribution in [0.1, 0.15) is 32.1 Å². The molecular weight excluding hydrogens is 124 g/mol. The molecule has 10 heavy (non-hydrogen) atoms. The summed E-state index contributed by atoms with van der Waals surface area (Å²) in [6.07, 6.45) is 8.14. The molecule has 0 aromatic carbocycles. The number of ketones is 1. The first-order chi connectivity index (χ1) is 4.88. The summed E-state index contributed by atoms with van der Waals surface area (Å²) in [4.78, 5) is 10.7. The Kier molecular flexibility index (Phi) is 1.37. The van der Waals surface area contributed by atoms with E-state index in [1.54, 1.807) is 0 Å². The number of rotatable bonds is 1. The van der Waals surface area contributed by atoms with Gasteiger partial charge in [0.2, 0.25) is 0 Å². The van der Waals surface area contributed by atoms with E-state index in [9.17, 15) is 4.79 Å². The van der Waals surface area contributed by atoms with Crippen LogP contribution in [-0.2, 0) is 4.79 Å². The van der Waals surface area contributed by atoms with Gasteiger partial charge in [-0.3, -0.25) is 4.79 Å². The third kappa shape index (κ3) is 1.00. The Hall–Kier alpha value is -0.590. The zero-order chi connectivity index (χ0) is 6.97. The molecule has 1 fully saturated rings. The number of Topliss-reactive ketones (excluding diaryl/α,β-unsaturated/α-hetero) is 1. The van der Waals surface area contributed by atoms with Gasteiger partial charge in [-0.1, -0.05) is 11.6 Å². The van der Waals surface area contributed by atoms with Crippen molar-refractivity contribution in [3.05, 3.63) is 11.6 Å². The van der Waals surface area contributed by atoms with Crippen molar-refractivity contribution in [3.8, 4) is 0 Å². The number of carbonyl (C=O) groups excluding carboxylic acids is 1. The van der Waals surface area contributed by atoms with Crippen molar-refractivity contribution in [1.29, 1.82) is 0 Å². The second-order valence-electron chi connectivity index (χ2n) is 3.25. The molecule has 2 aliphatic carbocycles. The van der Waals surface area contributed by atoms with Gasteiger partial charge in [-0.15, -0.1) is 0 Å². The van der Waals surface area contributed by atoms with Crippen LogP contribution in [0.15, 0.2) is 11.6 Å². The highest BCUT2D eigenvalue weighted by molar-refractivity contribution is 5.98. The third-order valence-corrected chi connectivity index (χ3v) is 2.41. The summed E-state index contributed by atoms with van der Waals surface area (Å²) in [5, 5.41) is 0. The zero-order valence-corrected chi connectivity index (χ0v) is 6.10. The van der Waals surface area contributed by atoms with Crippen LogP contribution in [-0.4, -0.2) is 5.78 Å². The molecule has 0 spiro atoms. The number of hydrogen-bond acceptors (Lipinski definition) is 1. The summed E-state index contributed by atoms with van der Waals surface area (Å²) >= 11 is 0. The number of carbonyl (C=O) groups is 1. The highest BCUT2D eigenvalue weighted by atomic mass is 16.1. The quantitative estimate of drug-likeness (QED) is 0.504. The molecule has 0 saturated heterocycles. The van der Waals surface area contributed by atoms with Gasteiger partial charge in [0.15, 0.2) is 0 Å². The van der Waals surface area contributed by atoms with Gasteiger partial charge >= 0.3 is 0 Å². The van der Waals surface area contributed by atoms with E-state index in [1.807, 2.05) is 0 Å². The first kappa shape index (κ1) is 6.14. The molecule has 1 nitrogen and oxygen atoms in total. The Balaban J connectivity index is 2.03. The van der Waals surface area contributed by atoms with E-state index < -0.39 is 0 Å². The van der Waals surface area contributed by atoms with Crippen molar-refractivity contribution in [1.82, 2.24) is 0 Å². The van der Waals surface area contributed by atoms with Crippen LogP contribution in [0.5, 0.6) is 0 Å². The minimum Gasteiger partial charge on any atom is -0.299 e. The summed E-state index contributed by atoms with van der Waals surface area (Å²) in [6, 6.07) is 0. The van der Waals surface area contributed by atoms with Gasteiger partial charge in [0.05, 0.1) is 0 Å². The summed E-state index contributed by atoms with van der Waals surface area (Å²) in [5.41, 5.74) is 1.44. The summed E-state index contributed by atoms with van der Waals surface area (Å²) in [7, 11) is 0. The van der Waals surface area contributed by atoms with Crippen molar-refractivity contribution in [3.63, 3.8) is 0 Å². The van der Waals surface area contributed by atoms with Gasteiger partial charge in [-0.05, 0) is 25.7 Å². The fourth-order valence-electron chi connectivity index (χ4n) is 1.66. The van der Waals surface area contributed by atoms with Gasteiger partial charge in [-0.25, -0.2) is 0 Å². The molecule has 0 radical (unpaired) electrons. The maximum atomic E-state index is 10.7. The van der Waals surface area contributed by atoms with Crippen molar-refractivity contribution in [2.24, 2.45) is 5.92 Å². The molecule has 1 heteroatoms. The van der Waals surface area contributed by atoms with E-state index >= 15 is 0 Å². The molecule has 0 heterocycles. The average molecular weight is 136 g/mol. The van der Waals surface area contributed by atoms with Crippen LogP contribution >= 0.6 is 0 Å². The fraction of sp³-hybridized carbons (Fsp3) is 0.667. The lowest BCUT2D eigenvalue weighted by Gasteiger charge is -2.09. The monoisotopic (exact) mass is 136 g/mol. The standard InChI is InChI=1S/C9H12O/c10-9-6-8(9)7-4-2-1-3-5-7/h4,8H,1-3,5-6H2. The predicted octanol–water partition coefficient (Wildman–Crippen LogP) is 2.08. The van der Waals surface area contributed by atoms with Crippen molar-refractivity contribution < 1.29 is 4.79 Å². The summed E-state index contributed by atoms with van der Waals surface area (Å²) in [6.45, 7) is 0. The second kappa shape index (κ2) is 2.22. The highest BCUT2D eigenvalue weighted by Crippen LogP contribution is 2.37. The Bertz CT molecular complexity index is 191. The van der Waals surface area contributed by atoms with Crippen molar-refractivity contribution in [2.75, 3.05) is 0 Å². The topological polar surface area (TPSA) is 17.1 Å². The Labute approximate surface area is 61.1 Å². The number of allylic oxidation sites excluding steroid dienone is 2. The molecule has 54 valence electrons. The minimum absolute atomic E-state index is 0.375. The molecular formula is C9H12O. The first-order valence-corrected chi connectivity index (χ1v) is 4.09. The summed E-state index contributed by atoms with van der Waals surface area (Å²) < 4.78 is 0. The predicted molar refractivity (Wildman–Crippen MR) is 39.7 cm³/mol. The van der Waals surface area contributed by atoms with Gasteiger partial charge < -0.3 is 0 Å². The molecule has 1 atom stereocenters. The van der Waals surface area contributed by atoms with Crippen LogP contribution in [0.3, 0.4) is 0 Å². The lowest BCUT2D eigenvalue weighted by atomic mass is 9.96. The van der Waals surface area contributed by atoms with Gasteiger partial charge in [0.25, 0.3) is 0 Å². The van der Waals surface area contributed by atoms with Crippen molar-refractivity contribution in [2.45, 2.75) is 32.1 Å². The van der Waals surface area contributed by atoms with Crippen LogP contribution < -0.4 is 0 Å². The SMILES string of the molecule is O=C1CC1C1=CCCCC1. The zero-order valence-electron chi connectivity index (χ0n) is 6.10. The fourth-order valence-corrected chi connectivity index (χ4v) is 1.66. The lowest BCUT2D eigenvalue weighted by Crippen LogP contribution is -1.94. The van der Waals surface area contributed by atoms with E-state index in [1.165, 1.54) is 31.3 Å². The first-order valence-electron chi connectivity index (χ1n) is 4.09. The molecule has 1 saturated carbocycles. The minimum atomic E-state index is 0.375. The van der Waals surface area contributed by atoms with Crippen LogP contribution in [0.2, 0.25) is 0 Å². The molecule has 0 aliphatic heterocycles. The molecule has 2 aliphatic rings. The maximum absolute atomic E-state index is 10.7. The molecule has 1 unspecified atom stereocenters. The van der Waals surface area contributed by atoms with Crippen molar-refractivity contribution >= 4 is 5.78 Å². The smallest absolute Gasteiger partial charge is 0.141 e. The molecule has 0 N–H and O–H groups in total. The van der Waals surface area contributed by atoms with E-state index in [4.69, 9.17) is 0 Å². The van der Waals surface area contributed by atoms with Gasteiger partial charge in [0.1, 0.15) is 5.78 Å². The maximum Gasteiger partial charge on any atom is 0.141 e. The van der Waals surface area contributed by atoms with E-state index in [0.717, 1.165) is 6.42 Å². The van der Waals surface area contributed by atoms with Crippen LogP contribution in [0, 0.1) is 5.92 Å². The Morgan fingerprint density at radius 1 is 1.40 bits per heavy atom. The van der Waals surface area contributed by atoms with Gasteiger partial charge in [-0.2, -0.15) is 0 Å². The second-order valence-corrected chi connectivity index (χ2v) is 3.25. The largest absolute Gasteiger partial charge is 0.299 e. The Morgan fingerprint density at radius 2 is 2.20 bits per heavy atom. The van der Waals surface area contributed by atoms with Crippen LogP contribution in [0.4, 0.5) is 0 Å². The molecule has 0 aromatic heterocycles. The summed E-state index contributed by atoms with van der Waals surface area (Å²) in [5.74, 6) is 0.841. The van der Waals surface area contributed by atoms with Crippen LogP contribution in [0.25, 0.3) is 0 Å². The lowest BCUT2D eigenvalue weighted by molar-refractivity contribution is -0.110. The molecule has 0 bridgehead atoms. The van der Waals surface area contributed by atoms with Gasteiger partial charge in [0, 0.05) is 12.3 Å². The average Bonchev–Trinajstić information content (AvgIpc) is 2.69. The molecule has 2 rings (SSSR count). The van der Waals surface area contributed by atoms with E-state index in [2.05, 4.69) is 6.08 Å². The van der Waals surface area contributed by atoms with E-state index in [-0.39, 0.29) is 0 Å². The molecule has 0 amide bonds. The number of hydrogen-bond donors (Lipinski definition) is 0. The van der Waals surface area contributed by atoms with E-state index in [0.29, 0.717) is 11.7 Å². The normalized spacial score (nSPS) is 31.8. The molecule has 0 aromatic rings. The third-order valence-electron chi connectivity index (χ3n) is 2.41. The Morgan fingerprint density at radius 3 is 2.70 bits per heavy atom.